The first-order valence-corrected chi connectivity index (χ1v) is 4.88. The van der Waals surface area contributed by atoms with Crippen LogP contribution >= 0.6 is 11.8 Å². The average molecular weight is 194 g/mol. The molecule has 0 aliphatic heterocycles. The monoisotopic (exact) mass is 194 g/mol. The Balaban J connectivity index is 2.83. The van der Waals surface area contributed by atoms with Gasteiger partial charge in [-0.1, -0.05) is 18.7 Å². The molecule has 0 fully saturated rings. The van der Waals surface area contributed by atoms with Gasteiger partial charge in [-0.2, -0.15) is 5.26 Å². The van der Waals surface area contributed by atoms with Gasteiger partial charge in [0.2, 0.25) is 0 Å². The van der Waals surface area contributed by atoms with Crippen LogP contribution in [-0.4, -0.2) is 15.7 Å². The molecular formula is C8H10N4S. The Bertz CT molecular complexity index is 331. The van der Waals surface area contributed by atoms with E-state index in [2.05, 4.69) is 9.97 Å². The largest absolute Gasteiger partial charge is 0.384 e. The molecule has 0 saturated heterocycles. The van der Waals surface area contributed by atoms with Crippen molar-refractivity contribution in [3.8, 4) is 6.07 Å². The van der Waals surface area contributed by atoms with Crippen LogP contribution in [0.5, 0.6) is 0 Å². The minimum Gasteiger partial charge on any atom is -0.384 e. The number of nitrogens with zero attached hydrogens (tertiary/aromatic N) is 3. The second kappa shape index (κ2) is 4.67. The van der Waals surface area contributed by atoms with Gasteiger partial charge in [-0.25, -0.2) is 9.97 Å². The highest BCUT2D eigenvalue weighted by Crippen LogP contribution is 2.14. The number of rotatable bonds is 3. The fourth-order valence-corrected chi connectivity index (χ4v) is 1.38. The molecule has 0 spiro atoms. The van der Waals surface area contributed by atoms with Crippen molar-refractivity contribution >= 4 is 17.6 Å². The molecule has 1 rings (SSSR count). The number of thioether (sulfide) groups is 1. The fraction of sp³-hybridized carbons (Fsp3) is 0.375. The summed E-state index contributed by atoms with van der Waals surface area (Å²) in [4.78, 5) is 8.21. The van der Waals surface area contributed by atoms with Crippen LogP contribution in [0.1, 0.15) is 12.6 Å². The standard InChI is InChI=1S/C8H10N4S/c1-2-6-5-7(10)12-8(11-6)13-4-3-9/h5H,2,4H2,1H3,(H2,10,11,12). The second-order valence-corrected chi connectivity index (χ2v) is 3.31. The number of aromatic nitrogens is 2. The van der Waals surface area contributed by atoms with E-state index < -0.39 is 0 Å². The summed E-state index contributed by atoms with van der Waals surface area (Å²) in [6.07, 6.45) is 0.826. The lowest BCUT2D eigenvalue weighted by atomic mass is 10.3. The zero-order valence-electron chi connectivity index (χ0n) is 7.32. The van der Waals surface area contributed by atoms with Gasteiger partial charge in [-0.15, -0.1) is 0 Å². The molecule has 1 heterocycles. The first-order valence-electron chi connectivity index (χ1n) is 3.89. The minimum atomic E-state index is 0.354. The Morgan fingerprint density at radius 1 is 1.62 bits per heavy atom. The van der Waals surface area contributed by atoms with E-state index in [-0.39, 0.29) is 0 Å². The van der Waals surface area contributed by atoms with Crippen LogP contribution in [0.2, 0.25) is 0 Å². The summed E-state index contributed by atoms with van der Waals surface area (Å²) in [6, 6.07) is 3.76. The third-order valence-corrected chi connectivity index (χ3v) is 2.12. The third-order valence-electron chi connectivity index (χ3n) is 1.41. The van der Waals surface area contributed by atoms with Crippen molar-refractivity contribution < 1.29 is 0 Å². The Morgan fingerprint density at radius 2 is 2.38 bits per heavy atom. The first kappa shape index (κ1) is 9.81. The molecule has 68 valence electrons. The van der Waals surface area contributed by atoms with Crippen LogP contribution < -0.4 is 5.73 Å². The van der Waals surface area contributed by atoms with Crippen LogP contribution in [0, 0.1) is 11.3 Å². The Kier molecular flexibility index (Phi) is 3.53. The van der Waals surface area contributed by atoms with Gasteiger partial charge >= 0.3 is 0 Å². The molecule has 4 nitrogen and oxygen atoms in total. The van der Waals surface area contributed by atoms with Crippen LogP contribution in [-0.2, 0) is 6.42 Å². The van der Waals surface area contributed by atoms with E-state index in [0.717, 1.165) is 12.1 Å². The van der Waals surface area contributed by atoms with E-state index >= 15 is 0 Å². The zero-order valence-corrected chi connectivity index (χ0v) is 8.14. The highest BCUT2D eigenvalue weighted by Gasteiger charge is 2.01. The summed E-state index contributed by atoms with van der Waals surface area (Å²) < 4.78 is 0. The maximum Gasteiger partial charge on any atom is 0.190 e. The highest BCUT2D eigenvalue weighted by molar-refractivity contribution is 7.99. The normalized spacial score (nSPS) is 9.54. The summed E-state index contributed by atoms with van der Waals surface area (Å²) >= 11 is 1.30. The summed E-state index contributed by atoms with van der Waals surface area (Å²) in [5, 5.41) is 8.95. The Hall–Kier alpha value is -1.28. The quantitative estimate of drug-likeness (QED) is 0.578. The van der Waals surface area contributed by atoms with E-state index in [0.29, 0.717) is 16.7 Å². The smallest absolute Gasteiger partial charge is 0.190 e. The predicted octanol–water partition coefficient (Wildman–Crippen LogP) is 1.24. The molecule has 0 aliphatic rings. The molecule has 5 heteroatoms. The average Bonchev–Trinajstić information content (AvgIpc) is 2.14. The number of hydrogen-bond acceptors (Lipinski definition) is 5. The topological polar surface area (TPSA) is 75.6 Å². The highest BCUT2D eigenvalue weighted by atomic mass is 32.2. The van der Waals surface area contributed by atoms with Crippen LogP contribution in [0.25, 0.3) is 0 Å². The minimum absolute atomic E-state index is 0.354. The number of nitrogens with two attached hydrogens (primary N) is 1. The molecule has 0 saturated carbocycles. The molecule has 0 bridgehead atoms. The van der Waals surface area contributed by atoms with Crippen molar-refractivity contribution in [2.75, 3.05) is 11.5 Å². The number of aryl methyl sites for hydroxylation is 1. The molecule has 0 unspecified atom stereocenters. The van der Waals surface area contributed by atoms with Gasteiger partial charge in [0.1, 0.15) is 5.82 Å². The number of anilines is 1. The van der Waals surface area contributed by atoms with E-state index in [4.69, 9.17) is 11.0 Å². The van der Waals surface area contributed by atoms with Gasteiger partial charge in [0.15, 0.2) is 5.16 Å². The lowest BCUT2D eigenvalue weighted by Gasteiger charge is -2.01. The molecule has 0 aromatic carbocycles. The summed E-state index contributed by atoms with van der Waals surface area (Å²) in [7, 11) is 0. The second-order valence-electron chi connectivity index (χ2n) is 2.37. The fourth-order valence-electron chi connectivity index (χ4n) is 0.836. The van der Waals surface area contributed by atoms with Crippen LogP contribution in [0.4, 0.5) is 5.82 Å². The van der Waals surface area contributed by atoms with Crippen molar-refractivity contribution in [3.05, 3.63) is 11.8 Å². The van der Waals surface area contributed by atoms with Crippen molar-refractivity contribution in [3.63, 3.8) is 0 Å². The SMILES string of the molecule is CCc1cc(N)nc(SCC#N)n1. The van der Waals surface area contributed by atoms with Crippen molar-refractivity contribution in [1.29, 1.82) is 5.26 Å². The number of hydrogen-bond donors (Lipinski definition) is 1. The zero-order chi connectivity index (χ0) is 9.68. The Labute approximate surface area is 81.2 Å². The predicted molar refractivity (Wildman–Crippen MR) is 52.2 cm³/mol. The summed E-state index contributed by atoms with van der Waals surface area (Å²) in [5.41, 5.74) is 6.47. The summed E-state index contributed by atoms with van der Waals surface area (Å²) in [6.45, 7) is 2.00. The lowest BCUT2D eigenvalue weighted by molar-refractivity contribution is 0.897. The van der Waals surface area contributed by atoms with E-state index in [1.165, 1.54) is 11.8 Å². The molecule has 0 atom stereocenters. The van der Waals surface area contributed by atoms with Gasteiger partial charge in [0, 0.05) is 11.8 Å². The Morgan fingerprint density at radius 3 is 3.00 bits per heavy atom. The first-order chi connectivity index (χ1) is 6.26. The third kappa shape index (κ3) is 2.92. The summed E-state index contributed by atoms with van der Waals surface area (Å²) in [5.74, 6) is 0.819. The lowest BCUT2D eigenvalue weighted by Crippen LogP contribution is -1.98. The van der Waals surface area contributed by atoms with Gasteiger partial charge in [0.25, 0.3) is 0 Å². The maximum absolute atomic E-state index is 8.37. The van der Waals surface area contributed by atoms with Gasteiger partial charge in [-0.05, 0) is 6.42 Å². The van der Waals surface area contributed by atoms with E-state index in [9.17, 15) is 0 Å². The van der Waals surface area contributed by atoms with Gasteiger partial charge in [-0.3, -0.25) is 0 Å². The molecule has 1 aromatic rings. The number of nitriles is 1. The van der Waals surface area contributed by atoms with Crippen molar-refractivity contribution in [2.24, 2.45) is 0 Å². The van der Waals surface area contributed by atoms with E-state index in [1.807, 2.05) is 13.0 Å². The molecular weight excluding hydrogens is 184 g/mol. The molecule has 0 amide bonds. The van der Waals surface area contributed by atoms with Crippen molar-refractivity contribution in [1.82, 2.24) is 9.97 Å². The van der Waals surface area contributed by atoms with E-state index in [1.54, 1.807) is 6.07 Å². The molecule has 0 aliphatic carbocycles. The van der Waals surface area contributed by atoms with Gasteiger partial charge < -0.3 is 5.73 Å². The molecule has 2 N–H and O–H groups in total. The van der Waals surface area contributed by atoms with Crippen LogP contribution in [0.3, 0.4) is 0 Å². The molecule has 0 radical (unpaired) electrons. The van der Waals surface area contributed by atoms with Gasteiger partial charge in [0.05, 0.1) is 11.8 Å². The molecule has 13 heavy (non-hydrogen) atoms. The molecule has 1 aromatic heterocycles. The number of nitrogen functional groups attached to an aromatic ring is 1. The van der Waals surface area contributed by atoms with Crippen molar-refractivity contribution in [2.45, 2.75) is 18.5 Å². The maximum atomic E-state index is 8.37. The van der Waals surface area contributed by atoms with Crippen LogP contribution in [0.15, 0.2) is 11.2 Å².